The van der Waals surface area contributed by atoms with Crippen LogP contribution in [-0.2, 0) is 9.84 Å². The maximum atomic E-state index is 12.4. The van der Waals surface area contributed by atoms with Crippen molar-refractivity contribution in [1.82, 2.24) is 0 Å². The lowest BCUT2D eigenvalue weighted by Gasteiger charge is -2.10. The molecule has 2 aromatic rings. The molecule has 4 nitrogen and oxygen atoms in total. The highest BCUT2D eigenvalue weighted by atomic mass is 32.2. The molecule has 0 fully saturated rings. The molecule has 0 saturated carbocycles. The minimum atomic E-state index is -3.75. The first-order chi connectivity index (χ1) is 8.93. The first-order valence-corrected chi connectivity index (χ1v) is 7.18. The van der Waals surface area contributed by atoms with E-state index in [9.17, 15) is 18.5 Å². The van der Waals surface area contributed by atoms with Gasteiger partial charge < -0.3 is 10.0 Å². The summed E-state index contributed by atoms with van der Waals surface area (Å²) in [5, 5.41) is 18.5. The van der Waals surface area contributed by atoms with Crippen molar-refractivity contribution in [2.24, 2.45) is 0 Å². The number of sulfone groups is 1. The molecule has 2 rings (SSSR count). The zero-order valence-electron chi connectivity index (χ0n) is 10.3. The van der Waals surface area contributed by atoms with E-state index in [0.29, 0.717) is 0 Å². The topological polar surface area (TPSA) is 74.6 Å². The van der Waals surface area contributed by atoms with Crippen LogP contribution >= 0.6 is 0 Å². The van der Waals surface area contributed by atoms with Crippen molar-refractivity contribution < 1.29 is 18.5 Å². The number of benzene rings is 2. The summed E-state index contributed by atoms with van der Waals surface area (Å²) < 4.78 is 24.9. The lowest BCUT2D eigenvalue weighted by molar-refractivity contribution is 0.424. The molecule has 0 saturated heterocycles. The molecule has 0 aromatic heterocycles. The molecule has 0 aliphatic rings. The smallest absolute Gasteiger partial charge is 0.423 e. The molecule has 2 N–H and O–H groups in total. The Morgan fingerprint density at radius 3 is 2.11 bits per heavy atom. The summed E-state index contributed by atoms with van der Waals surface area (Å²) in [6, 6.07) is 12.3. The molecule has 0 amide bonds. The normalized spacial score (nSPS) is 11.3. The number of hydrogen-bond donors (Lipinski definition) is 2. The van der Waals surface area contributed by atoms with Gasteiger partial charge in [-0.05, 0) is 25.1 Å². The van der Waals surface area contributed by atoms with Gasteiger partial charge in [-0.3, -0.25) is 0 Å². The van der Waals surface area contributed by atoms with E-state index in [2.05, 4.69) is 0 Å². The summed E-state index contributed by atoms with van der Waals surface area (Å²) in [6.07, 6.45) is 0. The molecule has 0 unspecified atom stereocenters. The zero-order valence-corrected chi connectivity index (χ0v) is 11.1. The van der Waals surface area contributed by atoms with Crippen LogP contribution in [0.4, 0.5) is 0 Å². The van der Waals surface area contributed by atoms with Gasteiger partial charge in [0.15, 0.2) is 0 Å². The highest BCUT2D eigenvalue weighted by Crippen LogP contribution is 2.19. The van der Waals surface area contributed by atoms with Crippen molar-refractivity contribution >= 4 is 22.4 Å². The molecule has 0 heterocycles. The van der Waals surface area contributed by atoms with Gasteiger partial charge in [0.05, 0.1) is 9.79 Å². The van der Waals surface area contributed by atoms with Crippen LogP contribution < -0.4 is 5.46 Å². The van der Waals surface area contributed by atoms with Gasteiger partial charge in [-0.2, -0.15) is 0 Å². The maximum Gasteiger partial charge on any atom is 0.489 e. The molecule has 0 spiro atoms. The summed E-state index contributed by atoms with van der Waals surface area (Å²) in [5.41, 5.74) is 0.928. The Balaban J connectivity index is 2.60. The summed E-state index contributed by atoms with van der Waals surface area (Å²) in [4.78, 5) is 0.0417. The van der Waals surface area contributed by atoms with E-state index in [1.807, 2.05) is 6.92 Å². The molecule has 98 valence electrons. The lowest BCUT2D eigenvalue weighted by atomic mass is 9.80. The van der Waals surface area contributed by atoms with Crippen LogP contribution in [0.25, 0.3) is 0 Å². The van der Waals surface area contributed by atoms with Gasteiger partial charge in [0.25, 0.3) is 0 Å². The van der Waals surface area contributed by atoms with E-state index >= 15 is 0 Å². The fraction of sp³-hybridized carbons (Fsp3) is 0.0769. The van der Waals surface area contributed by atoms with Crippen LogP contribution in [0.15, 0.2) is 58.3 Å². The highest BCUT2D eigenvalue weighted by Gasteiger charge is 2.25. The second-order valence-electron chi connectivity index (χ2n) is 4.23. The molecule has 2 aromatic carbocycles. The molecule has 0 radical (unpaired) electrons. The van der Waals surface area contributed by atoms with Crippen LogP contribution in [0.1, 0.15) is 5.56 Å². The van der Waals surface area contributed by atoms with E-state index in [1.54, 1.807) is 24.3 Å². The molecule has 0 atom stereocenters. The summed E-state index contributed by atoms with van der Waals surface area (Å²) in [5.74, 6) is 0. The standard InChI is InChI=1S/C13H13BO4S/c1-10-6-8-11(9-7-10)19(17,18)13-5-3-2-4-12(13)14(15)16/h2-9,15-16H,1H3. The zero-order chi connectivity index (χ0) is 14.0. The van der Waals surface area contributed by atoms with Gasteiger partial charge in [0.2, 0.25) is 9.84 Å². The Kier molecular flexibility index (Phi) is 3.75. The fourth-order valence-corrected chi connectivity index (χ4v) is 3.27. The molecule has 0 aliphatic carbocycles. The average molecular weight is 276 g/mol. The van der Waals surface area contributed by atoms with E-state index < -0.39 is 17.0 Å². The second-order valence-corrected chi connectivity index (χ2v) is 6.15. The predicted octanol–water partition coefficient (Wildman–Crippen LogP) is 0.508. The Hall–Kier alpha value is -1.63. The van der Waals surface area contributed by atoms with Crippen molar-refractivity contribution in [2.45, 2.75) is 16.7 Å². The van der Waals surface area contributed by atoms with Crippen molar-refractivity contribution in [3.63, 3.8) is 0 Å². The van der Waals surface area contributed by atoms with E-state index in [-0.39, 0.29) is 15.3 Å². The number of aryl methyl sites for hydroxylation is 1. The highest BCUT2D eigenvalue weighted by molar-refractivity contribution is 7.91. The molecule has 6 heteroatoms. The fourth-order valence-electron chi connectivity index (χ4n) is 1.78. The van der Waals surface area contributed by atoms with Crippen molar-refractivity contribution in [2.75, 3.05) is 0 Å². The van der Waals surface area contributed by atoms with Crippen LogP contribution in [0.3, 0.4) is 0 Å². The molecule has 0 aliphatic heterocycles. The Morgan fingerprint density at radius 2 is 1.53 bits per heavy atom. The first kappa shape index (κ1) is 13.8. The number of hydrogen-bond acceptors (Lipinski definition) is 4. The third kappa shape index (κ3) is 2.70. The molecule has 0 bridgehead atoms. The van der Waals surface area contributed by atoms with Crippen LogP contribution in [-0.4, -0.2) is 25.6 Å². The Bertz CT molecular complexity index is 678. The average Bonchev–Trinajstić information content (AvgIpc) is 2.39. The quantitative estimate of drug-likeness (QED) is 0.801. The van der Waals surface area contributed by atoms with Crippen LogP contribution in [0.2, 0.25) is 0 Å². The predicted molar refractivity (Wildman–Crippen MR) is 72.9 cm³/mol. The van der Waals surface area contributed by atoms with Gasteiger partial charge in [0.1, 0.15) is 0 Å². The van der Waals surface area contributed by atoms with Gasteiger partial charge in [-0.1, -0.05) is 35.9 Å². The van der Waals surface area contributed by atoms with Gasteiger partial charge >= 0.3 is 7.12 Å². The largest absolute Gasteiger partial charge is 0.489 e. The Morgan fingerprint density at radius 1 is 0.947 bits per heavy atom. The molecular formula is C13H13BO4S. The van der Waals surface area contributed by atoms with Gasteiger partial charge in [-0.25, -0.2) is 8.42 Å². The van der Waals surface area contributed by atoms with Crippen molar-refractivity contribution in [3.05, 3.63) is 54.1 Å². The maximum absolute atomic E-state index is 12.4. The third-order valence-corrected chi connectivity index (χ3v) is 4.66. The minimum Gasteiger partial charge on any atom is -0.423 e. The molecule has 19 heavy (non-hydrogen) atoms. The minimum absolute atomic E-state index is 0.0249. The summed E-state index contributed by atoms with van der Waals surface area (Å²) in [6.45, 7) is 1.86. The van der Waals surface area contributed by atoms with Gasteiger partial charge in [0, 0.05) is 5.46 Å². The van der Waals surface area contributed by atoms with Crippen molar-refractivity contribution in [3.8, 4) is 0 Å². The Labute approximate surface area is 112 Å². The van der Waals surface area contributed by atoms with Crippen LogP contribution in [0.5, 0.6) is 0 Å². The van der Waals surface area contributed by atoms with E-state index in [1.165, 1.54) is 24.3 Å². The monoisotopic (exact) mass is 276 g/mol. The first-order valence-electron chi connectivity index (χ1n) is 5.70. The second kappa shape index (κ2) is 5.17. The van der Waals surface area contributed by atoms with E-state index in [4.69, 9.17) is 0 Å². The third-order valence-electron chi connectivity index (χ3n) is 2.82. The van der Waals surface area contributed by atoms with E-state index in [0.717, 1.165) is 5.56 Å². The van der Waals surface area contributed by atoms with Crippen LogP contribution in [0, 0.1) is 6.92 Å². The SMILES string of the molecule is Cc1ccc(S(=O)(=O)c2ccccc2B(O)O)cc1. The summed E-state index contributed by atoms with van der Waals surface area (Å²) in [7, 11) is -5.57. The molecular weight excluding hydrogens is 263 g/mol. The summed E-state index contributed by atoms with van der Waals surface area (Å²) >= 11 is 0. The van der Waals surface area contributed by atoms with Crippen molar-refractivity contribution in [1.29, 1.82) is 0 Å². The van der Waals surface area contributed by atoms with Gasteiger partial charge in [-0.15, -0.1) is 0 Å². The number of rotatable bonds is 3. The lowest BCUT2D eigenvalue weighted by Crippen LogP contribution is -2.34.